The smallest absolute Gasteiger partial charge is 0.225 e. The predicted molar refractivity (Wildman–Crippen MR) is 112 cm³/mol. The summed E-state index contributed by atoms with van der Waals surface area (Å²) in [4.78, 5) is 17.8. The molecule has 0 aliphatic carbocycles. The van der Waals surface area contributed by atoms with Crippen molar-refractivity contribution in [3.05, 3.63) is 48.9 Å². The average molecular weight is 405 g/mol. The largest absolute Gasteiger partial charge is 0.389 e. The molecule has 0 bridgehead atoms. The molecule has 30 heavy (non-hydrogen) atoms. The molecule has 0 spiro atoms. The van der Waals surface area contributed by atoms with Crippen molar-refractivity contribution in [2.75, 3.05) is 36.0 Å². The van der Waals surface area contributed by atoms with Gasteiger partial charge in [0.15, 0.2) is 5.82 Å². The highest BCUT2D eigenvalue weighted by Crippen LogP contribution is 2.27. The van der Waals surface area contributed by atoms with Gasteiger partial charge in [-0.3, -0.25) is 4.68 Å². The topological polar surface area (TPSA) is 101 Å². The Labute approximate surface area is 173 Å². The lowest BCUT2D eigenvalue weighted by atomic mass is 10.2. The third-order valence-corrected chi connectivity index (χ3v) is 5.43. The van der Waals surface area contributed by atoms with Gasteiger partial charge < -0.3 is 14.9 Å². The van der Waals surface area contributed by atoms with Crippen molar-refractivity contribution in [3.8, 4) is 11.1 Å². The molecule has 4 aromatic heterocycles. The van der Waals surface area contributed by atoms with Crippen LogP contribution < -0.4 is 9.80 Å². The van der Waals surface area contributed by atoms with Crippen molar-refractivity contribution in [2.24, 2.45) is 7.05 Å². The maximum Gasteiger partial charge on any atom is 0.225 e. The first-order valence-corrected chi connectivity index (χ1v) is 9.91. The second-order valence-corrected chi connectivity index (χ2v) is 7.51. The summed E-state index contributed by atoms with van der Waals surface area (Å²) < 4.78 is 3.66. The molecule has 1 atom stereocenters. The van der Waals surface area contributed by atoms with Gasteiger partial charge in [0.1, 0.15) is 11.8 Å². The molecule has 0 radical (unpaired) electrons. The van der Waals surface area contributed by atoms with Crippen LogP contribution in [0.25, 0.3) is 16.6 Å². The molecule has 1 unspecified atom stereocenters. The molecule has 0 amide bonds. The molecule has 5 heterocycles. The summed E-state index contributed by atoms with van der Waals surface area (Å²) in [6.07, 6.45) is 10.3. The lowest BCUT2D eigenvalue weighted by molar-refractivity contribution is 0.198. The predicted octanol–water partition coefficient (Wildman–Crippen LogP) is 1.30. The van der Waals surface area contributed by atoms with E-state index >= 15 is 0 Å². The molecule has 0 saturated carbocycles. The summed E-state index contributed by atoms with van der Waals surface area (Å²) >= 11 is 0. The highest BCUT2D eigenvalue weighted by molar-refractivity contribution is 5.77. The third kappa shape index (κ3) is 3.35. The quantitative estimate of drug-likeness (QED) is 0.542. The Bertz CT molecular complexity index is 1160. The van der Waals surface area contributed by atoms with Crippen molar-refractivity contribution in [1.82, 2.24) is 34.3 Å². The van der Waals surface area contributed by atoms with Gasteiger partial charge in [0, 0.05) is 74.7 Å². The Morgan fingerprint density at radius 2 is 1.63 bits per heavy atom. The zero-order valence-corrected chi connectivity index (χ0v) is 16.9. The lowest BCUT2D eigenvalue weighted by Crippen LogP contribution is -2.47. The fourth-order valence-corrected chi connectivity index (χ4v) is 3.72. The van der Waals surface area contributed by atoms with Crippen LogP contribution >= 0.6 is 0 Å². The monoisotopic (exact) mass is 405 g/mol. The average Bonchev–Trinajstić information content (AvgIpc) is 3.40. The second kappa shape index (κ2) is 7.38. The molecule has 1 aliphatic heterocycles. The highest BCUT2D eigenvalue weighted by atomic mass is 16.3. The van der Waals surface area contributed by atoms with Gasteiger partial charge in [-0.1, -0.05) is 0 Å². The standard InChI is InChI=1S/C20H23N9O/c1-14(30)16-8-21-20(22-9-16)28-5-3-27(4-6-28)19-18-7-15(12-29(18)25-13-23-19)17-10-24-26(2)11-17/h7-14,30H,3-6H2,1-2H3. The number of rotatable bonds is 4. The molecule has 1 fully saturated rings. The molecule has 10 heteroatoms. The van der Waals surface area contributed by atoms with Crippen molar-refractivity contribution in [1.29, 1.82) is 0 Å². The number of nitrogens with zero attached hydrogens (tertiary/aromatic N) is 9. The summed E-state index contributed by atoms with van der Waals surface area (Å²) in [7, 11) is 1.91. The number of aromatic nitrogens is 7. The van der Waals surface area contributed by atoms with E-state index in [1.807, 2.05) is 30.2 Å². The van der Waals surface area contributed by atoms with Gasteiger partial charge in [-0.05, 0) is 13.0 Å². The van der Waals surface area contributed by atoms with Crippen molar-refractivity contribution in [3.63, 3.8) is 0 Å². The number of aryl methyl sites for hydroxylation is 1. The van der Waals surface area contributed by atoms with Gasteiger partial charge in [0.05, 0.1) is 12.3 Å². The van der Waals surface area contributed by atoms with Gasteiger partial charge in [-0.15, -0.1) is 0 Å². The Balaban J connectivity index is 1.35. The number of piperazine rings is 1. The van der Waals surface area contributed by atoms with Gasteiger partial charge in [-0.25, -0.2) is 19.5 Å². The summed E-state index contributed by atoms with van der Waals surface area (Å²) in [6, 6.07) is 2.11. The first-order valence-electron chi connectivity index (χ1n) is 9.91. The number of fused-ring (bicyclic) bond motifs is 1. The van der Waals surface area contributed by atoms with E-state index in [9.17, 15) is 5.11 Å². The number of hydrogen-bond acceptors (Lipinski definition) is 8. The third-order valence-electron chi connectivity index (χ3n) is 5.43. The Morgan fingerprint density at radius 1 is 0.900 bits per heavy atom. The van der Waals surface area contributed by atoms with Gasteiger partial charge in [-0.2, -0.15) is 10.2 Å². The van der Waals surface area contributed by atoms with Crippen LogP contribution in [0.15, 0.2) is 43.4 Å². The Kier molecular flexibility index (Phi) is 4.55. The maximum absolute atomic E-state index is 9.63. The van der Waals surface area contributed by atoms with Gasteiger partial charge in [0.25, 0.3) is 0 Å². The Hall–Kier alpha value is -3.53. The van der Waals surface area contributed by atoms with E-state index in [0.29, 0.717) is 5.95 Å². The van der Waals surface area contributed by atoms with Crippen LogP contribution in [0.2, 0.25) is 0 Å². The molecule has 5 rings (SSSR count). The fraction of sp³-hybridized carbons (Fsp3) is 0.350. The fourth-order valence-electron chi connectivity index (χ4n) is 3.72. The van der Waals surface area contributed by atoms with Crippen LogP contribution in [0.5, 0.6) is 0 Å². The summed E-state index contributed by atoms with van der Waals surface area (Å²) in [5.41, 5.74) is 3.81. The van der Waals surface area contributed by atoms with E-state index < -0.39 is 6.10 Å². The van der Waals surface area contributed by atoms with E-state index in [1.54, 1.807) is 30.3 Å². The highest BCUT2D eigenvalue weighted by Gasteiger charge is 2.22. The van der Waals surface area contributed by atoms with Crippen LogP contribution in [0.3, 0.4) is 0 Å². The van der Waals surface area contributed by atoms with Crippen LogP contribution in [0.4, 0.5) is 11.8 Å². The van der Waals surface area contributed by atoms with E-state index in [4.69, 9.17) is 0 Å². The number of aliphatic hydroxyl groups excluding tert-OH is 1. The van der Waals surface area contributed by atoms with Crippen molar-refractivity contribution < 1.29 is 5.11 Å². The SMILES string of the molecule is CC(O)c1cnc(N2CCN(c3ncnn4cc(-c5cnn(C)c5)cc34)CC2)nc1. The minimum atomic E-state index is -0.560. The van der Waals surface area contributed by atoms with Crippen molar-refractivity contribution >= 4 is 17.3 Å². The molecule has 0 aromatic carbocycles. The number of aliphatic hydroxyl groups is 1. The molecular formula is C20H23N9O. The molecule has 1 N–H and O–H groups in total. The van der Waals surface area contributed by atoms with Crippen molar-refractivity contribution in [2.45, 2.75) is 13.0 Å². The van der Waals surface area contributed by atoms with Crippen LogP contribution in [0.1, 0.15) is 18.6 Å². The minimum absolute atomic E-state index is 0.560. The summed E-state index contributed by atoms with van der Waals surface area (Å²) in [6.45, 7) is 4.91. The second-order valence-electron chi connectivity index (χ2n) is 7.51. The van der Waals surface area contributed by atoms with E-state index in [1.165, 1.54) is 0 Å². The summed E-state index contributed by atoms with van der Waals surface area (Å²) in [5.74, 6) is 1.61. The molecule has 4 aromatic rings. The van der Waals surface area contributed by atoms with Crippen LogP contribution in [-0.2, 0) is 7.05 Å². The zero-order chi connectivity index (χ0) is 20.7. The lowest BCUT2D eigenvalue weighted by Gasteiger charge is -2.35. The first kappa shape index (κ1) is 18.5. The first-order chi connectivity index (χ1) is 14.6. The van der Waals surface area contributed by atoms with E-state index in [2.05, 4.69) is 41.0 Å². The molecule has 10 nitrogen and oxygen atoms in total. The maximum atomic E-state index is 9.63. The van der Waals surface area contributed by atoms with Gasteiger partial charge in [0.2, 0.25) is 5.95 Å². The molecule has 1 aliphatic rings. The van der Waals surface area contributed by atoms with E-state index in [-0.39, 0.29) is 0 Å². The molecule has 1 saturated heterocycles. The minimum Gasteiger partial charge on any atom is -0.389 e. The number of hydrogen-bond donors (Lipinski definition) is 1. The molecule has 154 valence electrons. The van der Waals surface area contributed by atoms with Crippen LogP contribution in [0, 0.1) is 0 Å². The van der Waals surface area contributed by atoms with Gasteiger partial charge >= 0.3 is 0 Å². The Morgan fingerprint density at radius 3 is 2.30 bits per heavy atom. The summed E-state index contributed by atoms with van der Waals surface area (Å²) in [5, 5.41) is 18.3. The normalized spacial score (nSPS) is 15.7. The zero-order valence-electron chi connectivity index (χ0n) is 16.9. The van der Waals surface area contributed by atoms with Crippen LogP contribution in [-0.4, -0.2) is 65.6 Å². The molecular weight excluding hydrogens is 382 g/mol. The van der Waals surface area contributed by atoms with E-state index in [0.717, 1.165) is 54.2 Å². The number of anilines is 2.